The molecule has 20 heavy (non-hydrogen) atoms. The molecule has 0 saturated heterocycles. The molecule has 1 fully saturated rings. The summed E-state index contributed by atoms with van der Waals surface area (Å²) in [5.74, 6) is 7.19. The summed E-state index contributed by atoms with van der Waals surface area (Å²) in [6.07, 6.45) is 15.3. The minimum absolute atomic E-state index is 0.253. The van der Waals surface area contributed by atoms with Gasteiger partial charge in [-0.3, -0.25) is 4.90 Å². The molecule has 0 unspecified atom stereocenters. The smallest absolute Gasteiger partial charge is 0.0831 e. The minimum atomic E-state index is 0.253. The predicted octanol–water partition coefficient (Wildman–Crippen LogP) is 4.93. The highest BCUT2D eigenvalue weighted by molar-refractivity contribution is 5.37. The lowest BCUT2D eigenvalue weighted by Gasteiger charge is -2.28. The van der Waals surface area contributed by atoms with Crippen LogP contribution >= 0.6 is 0 Å². The number of nitrogens with zero attached hydrogens (tertiary/aromatic N) is 1. The molecule has 112 valence electrons. The molecule has 0 aromatic heterocycles. The van der Waals surface area contributed by atoms with E-state index in [2.05, 4.69) is 36.7 Å². The van der Waals surface area contributed by atoms with Crippen molar-refractivity contribution in [2.75, 3.05) is 13.1 Å². The van der Waals surface area contributed by atoms with E-state index in [9.17, 15) is 0 Å². The summed E-state index contributed by atoms with van der Waals surface area (Å²) in [6, 6.07) is 0. The lowest BCUT2D eigenvalue weighted by atomic mass is 9.99. The zero-order chi connectivity index (χ0) is 14.3. The molecule has 1 nitrogen and oxygen atoms in total. The number of allylic oxidation sites excluding steroid dienone is 2. The van der Waals surface area contributed by atoms with Crippen molar-refractivity contribution in [1.82, 2.24) is 4.90 Å². The average molecular weight is 273 g/mol. The quantitative estimate of drug-likeness (QED) is 0.595. The molecule has 1 heteroatoms. The van der Waals surface area contributed by atoms with Gasteiger partial charge in [0.2, 0.25) is 0 Å². The van der Waals surface area contributed by atoms with E-state index in [0.717, 1.165) is 0 Å². The summed E-state index contributed by atoms with van der Waals surface area (Å²) >= 11 is 0. The van der Waals surface area contributed by atoms with Crippen LogP contribution in [0.25, 0.3) is 0 Å². The van der Waals surface area contributed by atoms with Crippen molar-refractivity contribution in [2.24, 2.45) is 0 Å². The molecule has 2 aliphatic rings. The van der Waals surface area contributed by atoms with Gasteiger partial charge in [0.1, 0.15) is 0 Å². The van der Waals surface area contributed by atoms with Crippen molar-refractivity contribution in [3.63, 3.8) is 0 Å². The molecule has 0 N–H and O–H groups in total. The van der Waals surface area contributed by atoms with Crippen LogP contribution in [0.5, 0.6) is 0 Å². The Balaban J connectivity index is 1.98. The van der Waals surface area contributed by atoms with E-state index in [0.29, 0.717) is 0 Å². The van der Waals surface area contributed by atoms with Crippen molar-refractivity contribution in [1.29, 1.82) is 0 Å². The topological polar surface area (TPSA) is 3.24 Å². The van der Waals surface area contributed by atoms with Gasteiger partial charge in [0.15, 0.2) is 0 Å². The zero-order valence-electron chi connectivity index (χ0n) is 13.5. The van der Waals surface area contributed by atoms with Gasteiger partial charge in [-0.25, -0.2) is 0 Å². The van der Waals surface area contributed by atoms with Crippen LogP contribution in [0.3, 0.4) is 0 Å². The SMILES string of the molecule is CCCCN(CCCC)C1(C#CC2=CCCCC2)CC1. The van der Waals surface area contributed by atoms with Crippen molar-refractivity contribution in [3.8, 4) is 11.8 Å². The van der Waals surface area contributed by atoms with Crippen LogP contribution < -0.4 is 0 Å². The Bertz CT molecular complexity index is 370. The molecule has 1 saturated carbocycles. The van der Waals surface area contributed by atoms with E-state index < -0.39 is 0 Å². The first-order valence-corrected chi connectivity index (χ1v) is 8.78. The third-order valence-corrected chi connectivity index (χ3v) is 4.64. The number of hydrogen-bond donors (Lipinski definition) is 0. The summed E-state index contributed by atoms with van der Waals surface area (Å²) < 4.78 is 0. The summed E-state index contributed by atoms with van der Waals surface area (Å²) in [7, 11) is 0. The normalized spacial score (nSPS) is 20.2. The first-order valence-electron chi connectivity index (χ1n) is 8.78. The number of hydrogen-bond acceptors (Lipinski definition) is 1. The average Bonchev–Trinajstić information content (AvgIpc) is 3.27. The van der Waals surface area contributed by atoms with Gasteiger partial charge in [-0.05, 0) is 70.0 Å². The van der Waals surface area contributed by atoms with Crippen molar-refractivity contribution < 1.29 is 0 Å². The standard InChI is InChI=1S/C19H31N/c1-3-5-16-20(17-6-4-2)19(14-15-19)13-12-18-10-8-7-9-11-18/h10H,3-9,11,14-17H2,1-2H3. The maximum Gasteiger partial charge on any atom is 0.0831 e. The fraction of sp³-hybridized carbons (Fsp3) is 0.789. The summed E-state index contributed by atoms with van der Waals surface area (Å²) in [5, 5.41) is 0. The highest BCUT2D eigenvalue weighted by Gasteiger charge is 2.46. The lowest BCUT2D eigenvalue weighted by Crippen LogP contribution is -2.38. The second kappa shape index (κ2) is 7.89. The second-order valence-electron chi connectivity index (χ2n) is 6.45. The molecule has 0 amide bonds. The van der Waals surface area contributed by atoms with Crippen molar-refractivity contribution >= 4 is 0 Å². The lowest BCUT2D eigenvalue weighted by molar-refractivity contribution is 0.213. The predicted molar refractivity (Wildman–Crippen MR) is 87.7 cm³/mol. The van der Waals surface area contributed by atoms with E-state index in [-0.39, 0.29) is 5.54 Å². The van der Waals surface area contributed by atoms with Gasteiger partial charge in [-0.1, -0.05) is 44.6 Å². The Morgan fingerprint density at radius 3 is 2.30 bits per heavy atom. The van der Waals surface area contributed by atoms with Crippen LogP contribution in [0.4, 0.5) is 0 Å². The van der Waals surface area contributed by atoms with E-state index in [1.165, 1.54) is 82.9 Å². The Labute approximate surface area is 125 Å². The van der Waals surface area contributed by atoms with Crippen LogP contribution in [0.2, 0.25) is 0 Å². The Kier molecular flexibility index (Phi) is 6.17. The highest BCUT2D eigenvalue weighted by atomic mass is 15.2. The van der Waals surface area contributed by atoms with E-state index in [1.54, 1.807) is 0 Å². The second-order valence-corrected chi connectivity index (χ2v) is 6.45. The summed E-state index contributed by atoms with van der Waals surface area (Å²) in [4.78, 5) is 2.69. The molecule has 0 bridgehead atoms. The minimum Gasteiger partial charge on any atom is -0.287 e. The highest BCUT2D eigenvalue weighted by Crippen LogP contribution is 2.41. The largest absolute Gasteiger partial charge is 0.287 e. The van der Waals surface area contributed by atoms with Gasteiger partial charge in [0.25, 0.3) is 0 Å². The van der Waals surface area contributed by atoms with Crippen LogP contribution in [0, 0.1) is 11.8 Å². The number of unbranched alkanes of at least 4 members (excludes halogenated alkanes) is 2. The molecular weight excluding hydrogens is 242 g/mol. The van der Waals surface area contributed by atoms with E-state index in [4.69, 9.17) is 0 Å². The molecule has 0 aliphatic heterocycles. The van der Waals surface area contributed by atoms with Crippen molar-refractivity contribution in [3.05, 3.63) is 11.6 Å². The van der Waals surface area contributed by atoms with Gasteiger partial charge in [0, 0.05) is 0 Å². The van der Waals surface area contributed by atoms with E-state index in [1.807, 2.05) is 0 Å². The molecule has 2 aliphatic carbocycles. The van der Waals surface area contributed by atoms with Gasteiger partial charge >= 0.3 is 0 Å². The fourth-order valence-electron chi connectivity index (χ4n) is 3.02. The van der Waals surface area contributed by atoms with Crippen LogP contribution in [0.15, 0.2) is 11.6 Å². The van der Waals surface area contributed by atoms with Crippen molar-refractivity contribution in [2.45, 2.75) is 83.6 Å². The molecular formula is C19H31N. The summed E-state index contributed by atoms with van der Waals surface area (Å²) in [6.45, 7) is 7.06. The molecule has 0 aromatic carbocycles. The van der Waals surface area contributed by atoms with Crippen LogP contribution in [-0.4, -0.2) is 23.5 Å². The fourth-order valence-corrected chi connectivity index (χ4v) is 3.02. The first-order chi connectivity index (χ1) is 9.80. The zero-order valence-corrected chi connectivity index (χ0v) is 13.5. The maximum absolute atomic E-state index is 3.67. The monoisotopic (exact) mass is 273 g/mol. The maximum atomic E-state index is 3.67. The number of rotatable bonds is 7. The molecule has 0 heterocycles. The molecule has 0 spiro atoms. The Morgan fingerprint density at radius 2 is 1.80 bits per heavy atom. The van der Waals surface area contributed by atoms with E-state index >= 15 is 0 Å². The molecule has 0 aromatic rings. The third-order valence-electron chi connectivity index (χ3n) is 4.64. The summed E-state index contributed by atoms with van der Waals surface area (Å²) in [5.41, 5.74) is 1.66. The molecule has 0 atom stereocenters. The Morgan fingerprint density at radius 1 is 1.10 bits per heavy atom. The first kappa shape index (κ1) is 15.6. The van der Waals surface area contributed by atoms with Gasteiger partial charge in [-0.2, -0.15) is 0 Å². The molecule has 0 radical (unpaired) electrons. The van der Waals surface area contributed by atoms with Gasteiger partial charge < -0.3 is 0 Å². The van der Waals surface area contributed by atoms with Crippen LogP contribution in [-0.2, 0) is 0 Å². The van der Waals surface area contributed by atoms with Gasteiger partial charge in [-0.15, -0.1) is 0 Å². The Hall–Kier alpha value is -0.740. The third kappa shape index (κ3) is 4.38. The van der Waals surface area contributed by atoms with Gasteiger partial charge in [0.05, 0.1) is 5.54 Å². The molecule has 2 rings (SSSR count). The van der Waals surface area contributed by atoms with Crippen LogP contribution in [0.1, 0.15) is 78.1 Å².